The Kier molecular flexibility index (Phi) is 13.2. The fourth-order valence-electron chi connectivity index (χ4n) is 1.06. The molecule has 0 bridgehead atoms. The van der Waals surface area contributed by atoms with Gasteiger partial charge in [-0.05, 0) is 24.6 Å². The second-order valence-corrected chi connectivity index (χ2v) is 5.30. The summed E-state index contributed by atoms with van der Waals surface area (Å²) in [5, 5.41) is 1.59. The maximum absolute atomic E-state index is 5.78. The fraction of sp³-hybridized carbons (Fsp3) is 0.143. The molecule has 0 nitrogen and oxygen atoms in total. The van der Waals surface area contributed by atoms with Crippen molar-refractivity contribution in [1.29, 1.82) is 0 Å². The predicted molar refractivity (Wildman–Crippen MR) is 84.7 cm³/mol. The van der Waals surface area contributed by atoms with Crippen LogP contribution in [0.3, 0.4) is 0 Å². The minimum atomic E-state index is 0. The molecule has 0 aliphatic heterocycles. The molecule has 0 radical (unpaired) electrons. The van der Waals surface area contributed by atoms with Gasteiger partial charge >= 0.3 is 23.1 Å². The van der Waals surface area contributed by atoms with Crippen molar-refractivity contribution < 1.29 is 17.0 Å². The van der Waals surface area contributed by atoms with Crippen LogP contribution in [0.5, 0.6) is 0 Å². The van der Waals surface area contributed by atoms with Gasteiger partial charge in [0.05, 0.1) is 0 Å². The van der Waals surface area contributed by atoms with E-state index >= 15 is 0 Å². The number of hydrogen-bond donors (Lipinski definition) is 0. The van der Waals surface area contributed by atoms with Crippen molar-refractivity contribution in [3.8, 4) is 0 Å². The molecular formula is C14H12Br2Cl2Mg. The van der Waals surface area contributed by atoms with Gasteiger partial charge in [0.2, 0.25) is 0 Å². The van der Waals surface area contributed by atoms with Crippen LogP contribution >= 0.6 is 39.1 Å². The SMILES string of the molecule is Cc1cc[c-]cc1Cl.Cc1ccc(Br)cc1Cl.[Br-].[Mg+2]. The first-order chi connectivity index (χ1) is 8.00. The van der Waals surface area contributed by atoms with Gasteiger partial charge in [-0.15, -0.1) is 5.56 Å². The minimum absolute atomic E-state index is 0. The van der Waals surface area contributed by atoms with E-state index in [-0.39, 0.29) is 40.0 Å². The Bertz CT molecular complexity index is 484. The van der Waals surface area contributed by atoms with E-state index in [2.05, 4.69) is 22.0 Å². The van der Waals surface area contributed by atoms with E-state index in [0.717, 1.165) is 25.6 Å². The topological polar surface area (TPSA) is 0 Å². The maximum Gasteiger partial charge on any atom is 2.00 e. The molecule has 2 aromatic rings. The van der Waals surface area contributed by atoms with Crippen LogP contribution in [0.25, 0.3) is 0 Å². The Morgan fingerprint density at radius 3 is 1.95 bits per heavy atom. The van der Waals surface area contributed by atoms with Crippen molar-refractivity contribution in [3.63, 3.8) is 0 Å². The summed E-state index contributed by atoms with van der Waals surface area (Å²) >= 11 is 14.8. The normalized spacial score (nSPS) is 8.47. The fourth-order valence-corrected chi connectivity index (χ4v) is 1.85. The molecule has 0 aliphatic rings. The number of hydrogen-bond acceptors (Lipinski definition) is 0. The molecule has 0 unspecified atom stereocenters. The molecule has 2 aromatic carbocycles. The van der Waals surface area contributed by atoms with Gasteiger partial charge in [0.1, 0.15) is 0 Å². The zero-order valence-electron chi connectivity index (χ0n) is 10.7. The van der Waals surface area contributed by atoms with Gasteiger partial charge in [-0.2, -0.15) is 35.9 Å². The number of rotatable bonds is 0. The first-order valence-corrected chi connectivity index (χ1v) is 6.59. The van der Waals surface area contributed by atoms with E-state index in [1.165, 1.54) is 0 Å². The molecule has 5 heteroatoms. The summed E-state index contributed by atoms with van der Waals surface area (Å²) in [6, 6.07) is 14.2. The molecule has 0 spiro atoms. The van der Waals surface area contributed by atoms with Gasteiger partial charge < -0.3 is 17.0 Å². The summed E-state index contributed by atoms with van der Waals surface area (Å²) < 4.78 is 1.03. The number of aryl methyl sites for hydroxylation is 2. The summed E-state index contributed by atoms with van der Waals surface area (Å²) in [5.41, 5.74) is 2.21. The molecule has 2 rings (SSSR count). The van der Waals surface area contributed by atoms with Gasteiger partial charge in [0, 0.05) is 9.50 Å². The third kappa shape index (κ3) is 8.58. The monoisotopic (exact) mass is 432 g/mol. The Hall–Kier alpha value is 0.746. The summed E-state index contributed by atoms with van der Waals surface area (Å²) in [6.45, 7) is 3.95. The molecule has 0 amide bonds. The first-order valence-electron chi connectivity index (χ1n) is 5.04. The van der Waals surface area contributed by atoms with E-state index in [4.69, 9.17) is 23.2 Å². The van der Waals surface area contributed by atoms with Crippen LogP contribution in [0.15, 0.2) is 40.9 Å². The van der Waals surface area contributed by atoms with Gasteiger partial charge in [-0.1, -0.05) is 45.5 Å². The number of benzene rings is 2. The van der Waals surface area contributed by atoms with Crippen molar-refractivity contribution in [2.24, 2.45) is 0 Å². The van der Waals surface area contributed by atoms with Gasteiger partial charge in [-0.3, -0.25) is 0 Å². The molecule has 98 valence electrons. The zero-order valence-corrected chi connectivity index (χ0v) is 16.8. The van der Waals surface area contributed by atoms with Crippen molar-refractivity contribution in [1.82, 2.24) is 0 Å². The minimum Gasteiger partial charge on any atom is -1.00 e. The Morgan fingerprint density at radius 2 is 1.58 bits per heavy atom. The van der Waals surface area contributed by atoms with E-state index in [0.29, 0.717) is 0 Å². The molecule has 0 heterocycles. The Labute approximate surface area is 159 Å². The van der Waals surface area contributed by atoms with Crippen molar-refractivity contribution >= 4 is 62.2 Å². The molecule has 0 atom stereocenters. The molecule has 0 N–H and O–H groups in total. The molecule has 0 fully saturated rings. The maximum atomic E-state index is 5.78. The van der Waals surface area contributed by atoms with E-state index < -0.39 is 0 Å². The molecule has 0 saturated heterocycles. The third-order valence-electron chi connectivity index (χ3n) is 2.15. The molecule has 0 aromatic heterocycles. The number of halogens is 4. The first kappa shape index (κ1) is 22.0. The average Bonchev–Trinajstić information content (AvgIpc) is 2.29. The Morgan fingerprint density at radius 1 is 1.00 bits per heavy atom. The quantitative estimate of drug-likeness (QED) is 0.441. The second kappa shape index (κ2) is 11.4. The van der Waals surface area contributed by atoms with Crippen LogP contribution in [0.1, 0.15) is 11.1 Å². The average molecular weight is 435 g/mol. The van der Waals surface area contributed by atoms with Crippen molar-refractivity contribution in [2.45, 2.75) is 13.8 Å². The van der Waals surface area contributed by atoms with E-state index in [1.807, 2.05) is 44.2 Å². The molecule has 0 saturated carbocycles. The standard InChI is InChI=1S/C7H6BrCl.C7H6Cl.BrH.Mg/c1-5-2-3-6(8)4-7(5)9;1-6-4-2-3-5-7(6)8;;/h2-4H,1H3;2,4-5H,1H3;1H;/q;-1;;+2/p-1. The van der Waals surface area contributed by atoms with Gasteiger partial charge in [0.15, 0.2) is 0 Å². The third-order valence-corrected chi connectivity index (χ3v) is 3.46. The summed E-state index contributed by atoms with van der Waals surface area (Å²) in [4.78, 5) is 0. The van der Waals surface area contributed by atoms with E-state index in [1.54, 1.807) is 6.07 Å². The van der Waals surface area contributed by atoms with Crippen LogP contribution in [-0.2, 0) is 0 Å². The van der Waals surface area contributed by atoms with Crippen molar-refractivity contribution in [2.75, 3.05) is 0 Å². The summed E-state index contributed by atoms with van der Waals surface area (Å²) in [6.07, 6.45) is 0. The van der Waals surface area contributed by atoms with Crippen LogP contribution in [0.4, 0.5) is 0 Å². The van der Waals surface area contributed by atoms with Crippen LogP contribution in [-0.4, -0.2) is 23.1 Å². The van der Waals surface area contributed by atoms with Crippen LogP contribution < -0.4 is 17.0 Å². The predicted octanol–water partition coefficient (Wildman–Crippen LogP) is 2.48. The molecule has 0 aliphatic carbocycles. The summed E-state index contributed by atoms with van der Waals surface area (Å²) in [7, 11) is 0. The van der Waals surface area contributed by atoms with E-state index in [9.17, 15) is 0 Å². The largest absolute Gasteiger partial charge is 2.00 e. The molecular weight excluding hydrogens is 423 g/mol. The molecule has 19 heavy (non-hydrogen) atoms. The van der Waals surface area contributed by atoms with Crippen LogP contribution in [0.2, 0.25) is 10.0 Å². The van der Waals surface area contributed by atoms with Gasteiger partial charge in [-0.25, -0.2) is 0 Å². The Balaban J connectivity index is 0. The van der Waals surface area contributed by atoms with Crippen molar-refractivity contribution in [3.05, 3.63) is 68.1 Å². The van der Waals surface area contributed by atoms with Gasteiger partial charge in [0.25, 0.3) is 0 Å². The second-order valence-electron chi connectivity index (χ2n) is 3.57. The zero-order chi connectivity index (χ0) is 12.8. The summed E-state index contributed by atoms with van der Waals surface area (Å²) in [5.74, 6) is 0. The smallest absolute Gasteiger partial charge is 1.00 e. The van der Waals surface area contributed by atoms with Crippen LogP contribution in [0, 0.1) is 19.9 Å².